The normalized spacial score (nSPS) is 10.4. The van der Waals surface area contributed by atoms with E-state index in [-0.39, 0.29) is 17.1 Å². The summed E-state index contributed by atoms with van der Waals surface area (Å²) >= 11 is 14.5. The first kappa shape index (κ1) is 18.7. The highest BCUT2D eigenvalue weighted by atomic mass is 79.9. The summed E-state index contributed by atoms with van der Waals surface area (Å²) in [5.74, 6) is 0.368. The molecule has 0 aliphatic rings. The summed E-state index contributed by atoms with van der Waals surface area (Å²) in [6, 6.07) is 12.2. The molecule has 0 fully saturated rings. The Morgan fingerprint density at radius 2 is 2.00 bits per heavy atom. The molecule has 0 radical (unpaired) electrons. The van der Waals surface area contributed by atoms with Gasteiger partial charge in [0.25, 0.3) is 5.91 Å². The third-order valence-electron chi connectivity index (χ3n) is 2.87. The number of anilines is 1. The fourth-order valence-electron chi connectivity index (χ4n) is 1.90. The van der Waals surface area contributed by atoms with Crippen LogP contribution in [0.4, 0.5) is 5.69 Å². The molecule has 2 aromatic carbocycles. The Morgan fingerprint density at radius 1 is 1.25 bits per heavy atom. The molecule has 0 unspecified atom stereocenters. The van der Waals surface area contributed by atoms with Gasteiger partial charge in [-0.2, -0.15) is 0 Å². The number of hydrogen-bond donors (Lipinski definition) is 2. The Hall–Kier alpha value is -1.63. The van der Waals surface area contributed by atoms with Gasteiger partial charge in [-0.3, -0.25) is 10.1 Å². The van der Waals surface area contributed by atoms with E-state index in [4.69, 9.17) is 28.6 Å². The van der Waals surface area contributed by atoms with Crippen LogP contribution in [-0.4, -0.2) is 17.1 Å². The molecule has 2 N–H and O–H groups in total. The highest BCUT2D eigenvalue weighted by Crippen LogP contribution is 2.27. The number of benzene rings is 2. The molecule has 0 aromatic heterocycles. The lowest BCUT2D eigenvalue weighted by Gasteiger charge is -2.13. The summed E-state index contributed by atoms with van der Waals surface area (Å²) in [6.07, 6.45) is 0.0513. The minimum atomic E-state index is -0.314. The van der Waals surface area contributed by atoms with Gasteiger partial charge in [-0.15, -0.1) is 0 Å². The molecule has 1 amide bonds. The number of thiocarbonyl (C=S) groups is 1. The zero-order valence-corrected chi connectivity index (χ0v) is 16.3. The van der Waals surface area contributed by atoms with Crippen LogP contribution in [0.5, 0.6) is 5.75 Å². The van der Waals surface area contributed by atoms with Crippen molar-refractivity contribution in [1.82, 2.24) is 5.32 Å². The summed E-state index contributed by atoms with van der Waals surface area (Å²) in [5.41, 5.74) is 1.17. The molecular weight excluding hydrogens is 412 g/mol. The number of rotatable bonds is 4. The molecule has 0 aliphatic heterocycles. The third-order valence-corrected chi connectivity index (χ3v) is 3.93. The Balaban J connectivity index is 2.01. The van der Waals surface area contributed by atoms with Gasteiger partial charge in [0.1, 0.15) is 5.75 Å². The summed E-state index contributed by atoms with van der Waals surface area (Å²) in [7, 11) is 0. The van der Waals surface area contributed by atoms with Crippen molar-refractivity contribution in [2.75, 3.05) is 5.32 Å². The van der Waals surface area contributed by atoms with Crippen LogP contribution in [0.3, 0.4) is 0 Å². The lowest BCUT2D eigenvalue weighted by atomic mass is 10.2. The molecule has 0 saturated heterocycles. The maximum absolute atomic E-state index is 12.3. The summed E-state index contributed by atoms with van der Waals surface area (Å²) in [6.45, 7) is 3.88. The van der Waals surface area contributed by atoms with E-state index in [1.807, 2.05) is 13.8 Å². The minimum absolute atomic E-state index is 0.0513. The summed E-state index contributed by atoms with van der Waals surface area (Å²) in [4.78, 5) is 12.3. The molecule has 0 atom stereocenters. The van der Waals surface area contributed by atoms with Gasteiger partial charge in [0.2, 0.25) is 0 Å². The predicted octanol–water partition coefficient (Wildman–Crippen LogP) is 5.02. The van der Waals surface area contributed by atoms with E-state index in [2.05, 4.69) is 26.6 Å². The Morgan fingerprint density at radius 3 is 2.62 bits per heavy atom. The molecule has 2 aromatic rings. The Bertz CT molecular complexity index is 768. The summed E-state index contributed by atoms with van der Waals surface area (Å²) in [5, 5.41) is 6.32. The number of ether oxygens (including phenoxy) is 1. The number of hydrogen-bond acceptors (Lipinski definition) is 3. The van der Waals surface area contributed by atoms with Crippen molar-refractivity contribution in [2.24, 2.45) is 0 Å². The average molecular weight is 428 g/mol. The van der Waals surface area contributed by atoms with Gasteiger partial charge in [-0.1, -0.05) is 17.7 Å². The van der Waals surface area contributed by atoms with Crippen LogP contribution in [0.2, 0.25) is 5.02 Å². The number of amides is 1. The fourth-order valence-corrected chi connectivity index (χ4v) is 2.77. The average Bonchev–Trinajstić information content (AvgIpc) is 2.48. The zero-order chi connectivity index (χ0) is 17.7. The standard InChI is InChI=1S/C17H16BrClN2O2S/c1-10(2)23-15-7-6-11(8-14(15)18)16(22)21-17(24)20-13-5-3-4-12(19)9-13/h3-10H,1-2H3,(H2,20,21,22,24). The first-order chi connectivity index (χ1) is 11.3. The zero-order valence-electron chi connectivity index (χ0n) is 13.1. The fraction of sp³-hybridized carbons (Fsp3) is 0.176. The minimum Gasteiger partial charge on any atom is -0.490 e. The number of carbonyl (C=O) groups excluding carboxylic acids is 1. The first-order valence-corrected chi connectivity index (χ1v) is 8.77. The van der Waals surface area contributed by atoms with Gasteiger partial charge in [0.05, 0.1) is 10.6 Å². The van der Waals surface area contributed by atoms with E-state index in [1.165, 1.54) is 0 Å². The first-order valence-electron chi connectivity index (χ1n) is 7.19. The van der Waals surface area contributed by atoms with Crippen molar-refractivity contribution in [3.63, 3.8) is 0 Å². The van der Waals surface area contributed by atoms with Crippen molar-refractivity contribution in [1.29, 1.82) is 0 Å². The Kier molecular flexibility index (Phi) is 6.60. The van der Waals surface area contributed by atoms with Gasteiger partial charge in [0, 0.05) is 16.3 Å². The highest BCUT2D eigenvalue weighted by molar-refractivity contribution is 9.10. The second-order valence-electron chi connectivity index (χ2n) is 5.23. The summed E-state index contributed by atoms with van der Waals surface area (Å²) < 4.78 is 6.33. The number of halogens is 2. The second kappa shape index (κ2) is 8.46. The van der Waals surface area contributed by atoms with Crippen LogP contribution in [0.15, 0.2) is 46.9 Å². The number of nitrogens with one attached hydrogen (secondary N) is 2. The third kappa shape index (κ3) is 5.47. The maximum atomic E-state index is 12.3. The monoisotopic (exact) mass is 426 g/mol. The van der Waals surface area contributed by atoms with Crippen molar-refractivity contribution in [2.45, 2.75) is 20.0 Å². The van der Waals surface area contributed by atoms with Crippen molar-refractivity contribution in [3.8, 4) is 5.75 Å². The molecular formula is C17H16BrClN2O2S. The van der Waals surface area contributed by atoms with Gasteiger partial charge < -0.3 is 10.1 Å². The maximum Gasteiger partial charge on any atom is 0.257 e. The van der Waals surface area contributed by atoms with Crippen molar-refractivity contribution in [3.05, 3.63) is 57.5 Å². The molecule has 126 valence electrons. The topological polar surface area (TPSA) is 50.4 Å². The van der Waals surface area contributed by atoms with Gasteiger partial charge in [0.15, 0.2) is 5.11 Å². The Labute approximate surface area is 159 Å². The largest absolute Gasteiger partial charge is 0.490 e. The molecule has 2 rings (SSSR count). The van der Waals surface area contributed by atoms with Crippen LogP contribution in [-0.2, 0) is 0 Å². The molecule has 0 spiro atoms. The lowest BCUT2D eigenvalue weighted by molar-refractivity contribution is 0.0977. The SMILES string of the molecule is CC(C)Oc1ccc(C(=O)NC(=S)Nc2cccc(Cl)c2)cc1Br. The van der Waals surface area contributed by atoms with E-state index in [9.17, 15) is 4.79 Å². The van der Waals surface area contributed by atoms with Gasteiger partial charge in [-0.05, 0) is 78.4 Å². The van der Waals surface area contributed by atoms with Crippen LogP contribution >= 0.6 is 39.7 Å². The van der Waals surface area contributed by atoms with Crippen LogP contribution in [0, 0.1) is 0 Å². The second-order valence-corrected chi connectivity index (χ2v) is 6.93. The van der Waals surface area contributed by atoms with E-state index in [0.29, 0.717) is 26.5 Å². The predicted molar refractivity (Wildman–Crippen MR) is 105 cm³/mol. The molecule has 0 bridgehead atoms. The van der Waals surface area contributed by atoms with Gasteiger partial charge in [-0.25, -0.2) is 0 Å². The number of carbonyl (C=O) groups is 1. The quantitative estimate of drug-likeness (QED) is 0.673. The molecule has 7 heteroatoms. The van der Waals surface area contributed by atoms with Crippen molar-refractivity contribution < 1.29 is 9.53 Å². The smallest absolute Gasteiger partial charge is 0.257 e. The van der Waals surface area contributed by atoms with Crippen molar-refractivity contribution >= 4 is 56.5 Å². The van der Waals surface area contributed by atoms with E-state index in [1.54, 1.807) is 42.5 Å². The van der Waals surface area contributed by atoms with Crippen LogP contribution in [0.25, 0.3) is 0 Å². The van der Waals surface area contributed by atoms with Gasteiger partial charge >= 0.3 is 0 Å². The molecule has 0 aliphatic carbocycles. The van der Waals surface area contributed by atoms with E-state index in [0.717, 1.165) is 0 Å². The van der Waals surface area contributed by atoms with E-state index >= 15 is 0 Å². The molecule has 4 nitrogen and oxygen atoms in total. The lowest BCUT2D eigenvalue weighted by Crippen LogP contribution is -2.34. The molecule has 0 heterocycles. The van der Waals surface area contributed by atoms with Crippen LogP contribution < -0.4 is 15.4 Å². The van der Waals surface area contributed by atoms with Crippen LogP contribution in [0.1, 0.15) is 24.2 Å². The van der Waals surface area contributed by atoms with E-state index < -0.39 is 0 Å². The molecule has 0 saturated carbocycles. The molecule has 24 heavy (non-hydrogen) atoms. The highest BCUT2D eigenvalue weighted by Gasteiger charge is 2.11.